The van der Waals surface area contributed by atoms with E-state index in [-0.39, 0.29) is 12.1 Å². The highest BCUT2D eigenvalue weighted by Crippen LogP contribution is 2.28. The monoisotopic (exact) mass is 306 g/mol. The molecule has 0 bridgehead atoms. The molecule has 1 N–H and O–H groups in total. The van der Waals surface area contributed by atoms with Crippen molar-refractivity contribution in [2.45, 2.75) is 42.7 Å². The molecule has 21 heavy (non-hydrogen) atoms. The van der Waals surface area contributed by atoms with Crippen molar-refractivity contribution in [3.8, 4) is 0 Å². The molecule has 0 radical (unpaired) electrons. The third kappa shape index (κ3) is 3.30. The Labute approximate surface area is 124 Å². The number of hydrogen-bond acceptors (Lipinski definition) is 4. The summed E-state index contributed by atoms with van der Waals surface area (Å²) in [6, 6.07) is 8.71. The smallest absolute Gasteiger partial charge is 0.240 e. The zero-order valence-electron chi connectivity index (χ0n) is 11.6. The van der Waals surface area contributed by atoms with Crippen molar-refractivity contribution in [2.75, 3.05) is 0 Å². The lowest BCUT2D eigenvalue weighted by molar-refractivity contribution is 0.305. The van der Waals surface area contributed by atoms with Crippen LogP contribution in [0.3, 0.4) is 0 Å². The SMILES string of the molecule is O=S(=O)(N[C@H]1CCC[C@@H](n2cnnc2)C1)c1ccccc1. The molecule has 6 nitrogen and oxygen atoms in total. The van der Waals surface area contributed by atoms with Gasteiger partial charge in [-0.3, -0.25) is 0 Å². The molecule has 1 aliphatic carbocycles. The number of nitrogens with one attached hydrogen (secondary N) is 1. The third-order valence-electron chi connectivity index (χ3n) is 3.88. The van der Waals surface area contributed by atoms with Crippen molar-refractivity contribution < 1.29 is 8.42 Å². The van der Waals surface area contributed by atoms with E-state index in [4.69, 9.17) is 0 Å². The molecular formula is C14H18N4O2S. The van der Waals surface area contributed by atoms with Crippen LogP contribution in [0.5, 0.6) is 0 Å². The second-order valence-electron chi connectivity index (χ2n) is 5.36. The molecule has 1 heterocycles. The minimum Gasteiger partial charge on any atom is -0.317 e. The summed E-state index contributed by atoms with van der Waals surface area (Å²) in [5.41, 5.74) is 0. The van der Waals surface area contributed by atoms with Gasteiger partial charge in [-0.2, -0.15) is 0 Å². The highest BCUT2D eigenvalue weighted by Gasteiger charge is 2.27. The summed E-state index contributed by atoms with van der Waals surface area (Å²) in [5, 5.41) is 7.64. The molecule has 1 aliphatic rings. The van der Waals surface area contributed by atoms with Gasteiger partial charge in [-0.1, -0.05) is 18.2 Å². The van der Waals surface area contributed by atoms with Gasteiger partial charge in [-0.25, -0.2) is 13.1 Å². The zero-order valence-corrected chi connectivity index (χ0v) is 12.4. The van der Waals surface area contributed by atoms with Crippen LogP contribution in [0.1, 0.15) is 31.7 Å². The molecule has 2 aromatic rings. The first-order valence-corrected chi connectivity index (χ1v) is 8.55. The average molecular weight is 306 g/mol. The van der Waals surface area contributed by atoms with Crippen LogP contribution in [-0.4, -0.2) is 29.2 Å². The average Bonchev–Trinajstić information content (AvgIpc) is 3.02. The minimum absolute atomic E-state index is 0.0450. The van der Waals surface area contributed by atoms with E-state index >= 15 is 0 Å². The topological polar surface area (TPSA) is 76.9 Å². The van der Waals surface area contributed by atoms with Gasteiger partial charge in [0.15, 0.2) is 0 Å². The Morgan fingerprint density at radius 2 is 1.81 bits per heavy atom. The molecule has 0 amide bonds. The van der Waals surface area contributed by atoms with Crippen LogP contribution in [0, 0.1) is 0 Å². The highest BCUT2D eigenvalue weighted by molar-refractivity contribution is 7.89. The van der Waals surface area contributed by atoms with Crippen LogP contribution in [0.4, 0.5) is 0 Å². The summed E-state index contributed by atoms with van der Waals surface area (Å²) < 4.78 is 29.5. The normalized spacial score (nSPS) is 23.0. The summed E-state index contributed by atoms with van der Waals surface area (Å²) in [6.45, 7) is 0. The number of aromatic nitrogens is 3. The second-order valence-corrected chi connectivity index (χ2v) is 7.07. The zero-order chi connectivity index (χ0) is 14.7. The molecule has 0 aliphatic heterocycles. The Morgan fingerprint density at radius 1 is 1.10 bits per heavy atom. The van der Waals surface area contributed by atoms with Gasteiger partial charge in [0.25, 0.3) is 0 Å². The maximum absolute atomic E-state index is 12.4. The van der Waals surface area contributed by atoms with Crippen LogP contribution in [-0.2, 0) is 10.0 Å². The standard InChI is InChI=1S/C14H18N4O2S/c19-21(20,14-7-2-1-3-8-14)17-12-5-4-6-13(9-12)18-10-15-16-11-18/h1-3,7-8,10-13,17H,4-6,9H2/t12-,13+/m0/s1. The van der Waals surface area contributed by atoms with Crippen molar-refractivity contribution in [1.82, 2.24) is 19.5 Å². The van der Waals surface area contributed by atoms with E-state index < -0.39 is 10.0 Å². The largest absolute Gasteiger partial charge is 0.317 e. The van der Waals surface area contributed by atoms with Crippen molar-refractivity contribution in [3.63, 3.8) is 0 Å². The van der Waals surface area contributed by atoms with E-state index in [0.29, 0.717) is 4.90 Å². The van der Waals surface area contributed by atoms with Crippen LogP contribution >= 0.6 is 0 Å². The van der Waals surface area contributed by atoms with E-state index in [2.05, 4.69) is 14.9 Å². The van der Waals surface area contributed by atoms with Crippen LogP contribution in [0.25, 0.3) is 0 Å². The number of rotatable bonds is 4. The van der Waals surface area contributed by atoms with Crippen LogP contribution < -0.4 is 4.72 Å². The van der Waals surface area contributed by atoms with Crippen molar-refractivity contribution >= 4 is 10.0 Å². The molecule has 0 saturated heterocycles. The molecular weight excluding hydrogens is 288 g/mol. The Morgan fingerprint density at radius 3 is 2.52 bits per heavy atom. The Hall–Kier alpha value is -1.73. The molecule has 1 aromatic heterocycles. The van der Waals surface area contributed by atoms with Gasteiger partial charge in [0, 0.05) is 12.1 Å². The van der Waals surface area contributed by atoms with Crippen molar-refractivity contribution in [1.29, 1.82) is 0 Å². The summed E-state index contributed by atoms with van der Waals surface area (Å²) in [4.78, 5) is 0.316. The Balaban J connectivity index is 1.70. The first kappa shape index (κ1) is 14.2. The third-order valence-corrected chi connectivity index (χ3v) is 5.42. The first-order chi connectivity index (χ1) is 10.1. The van der Waals surface area contributed by atoms with Gasteiger partial charge in [0.2, 0.25) is 10.0 Å². The quantitative estimate of drug-likeness (QED) is 0.933. The molecule has 112 valence electrons. The first-order valence-electron chi connectivity index (χ1n) is 7.06. The van der Waals surface area contributed by atoms with Gasteiger partial charge in [-0.05, 0) is 37.8 Å². The fraction of sp³-hybridized carbons (Fsp3) is 0.429. The maximum atomic E-state index is 12.4. The molecule has 0 spiro atoms. The summed E-state index contributed by atoms with van der Waals surface area (Å²) in [5.74, 6) is 0. The molecule has 1 fully saturated rings. The molecule has 3 rings (SSSR count). The fourth-order valence-corrected chi connectivity index (χ4v) is 4.13. The predicted octanol–water partition coefficient (Wildman–Crippen LogP) is 1.74. The lowest BCUT2D eigenvalue weighted by atomic mass is 9.91. The Bertz CT molecular complexity index is 670. The molecule has 2 atom stereocenters. The van der Waals surface area contributed by atoms with E-state index in [1.165, 1.54) is 0 Å². The van der Waals surface area contributed by atoms with Gasteiger partial charge in [-0.15, -0.1) is 10.2 Å². The van der Waals surface area contributed by atoms with Gasteiger partial charge in [0.1, 0.15) is 12.7 Å². The highest BCUT2D eigenvalue weighted by atomic mass is 32.2. The number of hydrogen-bond donors (Lipinski definition) is 1. The number of sulfonamides is 1. The second kappa shape index (κ2) is 5.95. The summed E-state index contributed by atoms with van der Waals surface area (Å²) >= 11 is 0. The van der Waals surface area contributed by atoms with Crippen molar-refractivity contribution in [3.05, 3.63) is 43.0 Å². The van der Waals surface area contributed by atoms with Gasteiger partial charge >= 0.3 is 0 Å². The van der Waals surface area contributed by atoms with E-state index in [9.17, 15) is 8.42 Å². The van der Waals surface area contributed by atoms with E-state index in [1.807, 2.05) is 10.6 Å². The lowest BCUT2D eigenvalue weighted by Crippen LogP contribution is -2.38. The predicted molar refractivity (Wildman–Crippen MR) is 78.1 cm³/mol. The van der Waals surface area contributed by atoms with Crippen molar-refractivity contribution in [2.24, 2.45) is 0 Å². The lowest BCUT2D eigenvalue weighted by Gasteiger charge is -2.30. The number of benzene rings is 1. The summed E-state index contributed by atoms with van der Waals surface area (Å²) in [6.07, 6.45) is 7.04. The molecule has 0 unspecified atom stereocenters. The fourth-order valence-electron chi connectivity index (χ4n) is 2.83. The van der Waals surface area contributed by atoms with Gasteiger partial charge in [0.05, 0.1) is 4.90 Å². The Kier molecular flexibility index (Phi) is 4.03. The molecule has 1 saturated carbocycles. The maximum Gasteiger partial charge on any atom is 0.240 e. The minimum atomic E-state index is -3.44. The van der Waals surface area contributed by atoms with Gasteiger partial charge < -0.3 is 4.57 Å². The molecule has 1 aromatic carbocycles. The van der Waals surface area contributed by atoms with E-state index in [0.717, 1.165) is 25.7 Å². The molecule has 7 heteroatoms. The van der Waals surface area contributed by atoms with Crippen LogP contribution in [0.2, 0.25) is 0 Å². The van der Waals surface area contributed by atoms with Crippen LogP contribution in [0.15, 0.2) is 47.9 Å². The van der Waals surface area contributed by atoms with E-state index in [1.54, 1.807) is 36.9 Å². The number of nitrogens with zero attached hydrogens (tertiary/aromatic N) is 3. The summed E-state index contributed by atoms with van der Waals surface area (Å²) in [7, 11) is -3.44.